The number of benzene rings is 7. The summed E-state index contributed by atoms with van der Waals surface area (Å²) in [5.74, 6) is 0. The van der Waals surface area contributed by atoms with E-state index in [0.717, 1.165) is 105 Å². The van der Waals surface area contributed by atoms with Crippen LogP contribution in [0, 0.1) is 0 Å². The molecule has 0 spiro atoms. The van der Waals surface area contributed by atoms with Crippen molar-refractivity contribution in [3.8, 4) is 39.3 Å². The average Bonchev–Trinajstić information content (AvgIpc) is 3.88. The zero-order valence-electron chi connectivity index (χ0n) is 27.4. The Labute approximate surface area is 292 Å². The molecule has 7 aromatic carbocycles. The van der Waals surface area contributed by atoms with Gasteiger partial charge in [0.1, 0.15) is 16.7 Å². The van der Waals surface area contributed by atoms with Crippen LogP contribution < -0.4 is 0 Å². The predicted octanol–water partition coefficient (Wildman–Crippen LogP) is 13.0. The van der Waals surface area contributed by atoms with Gasteiger partial charge in [-0.05, 0) is 59.7 Å². The van der Waals surface area contributed by atoms with Gasteiger partial charge in [0.25, 0.3) is 0 Å². The van der Waals surface area contributed by atoms with Gasteiger partial charge in [-0.1, -0.05) is 121 Å². The van der Waals surface area contributed by atoms with Gasteiger partial charge in [-0.25, -0.2) is 4.98 Å². The summed E-state index contributed by atoms with van der Waals surface area (Å²) in [6.45, 7) is 0. The molecule has 238 valence electrons. The number of fused-ring (bicyclic) bond motifs is 10. The Morgan fingerprint density at radius 2 is 1.04 bits per heavy atom. The van der Waals surface area contributed by atoms with Crippen LogP contribution in [0.3, 0.4) is 0 Å². The molecule has 0 fully saturated rings. The van der Waals surface area contributed by atoms with Gasteiger partial charge in [0.2, 0.25) is 0 Å². The molecule has 0 aliphatic heterocycles. The van der Waals surface area contributed by atoms with Gasteiger partial charge in [-0.2, -0.15) is 0 Å². The molecule has 0 unspecified atom stereocenters. The van der Waals surface area contributed by atoms with E-state index >= 15 is 0 Å². The van der Waals surface area contributed by atoms with Crippen molar-refractivity contribution in [1.29, 1.82) is 0 Å². The molecule has 51 heavy (non-hydrogen) atoms. The molecule has 11 rings (SSSR count). The minimum Gasteiger partial charge on any atom is -0.455 e. The summed E-state index contributed by atoms with van der Waals surface area (Å²) in [4.78, 5) is 5.25. The van der Waals surface area contributed by atoms with Gasteiger partial charge >= 0.3 is 0 Å². The molecule has 4 heterocycles. The maximum atomic E-state index is 7.06. The third-order valence-corrected chi connectivity index (χ3v) is 10.2. The van der Waals surface area contributed by atoms with Crippen molar-refractivity contribution in [2.45, 2.75) is 0 Å². The van der Waals surface area contributed by atoms with E-state index in [1.165, 1.54) is 0 Å². The zero-order chi connectivity index (χ0) is 33.5. The number of hydrogen-bond acceptors (Lipinski definition) is 3. The molecular formula is C47H28N2O2. The first-order valence-corrected chi connectivity index (χ1v) is 17.2. The SMILES string of the molecule is c1ccc(-c2cc(-c3ccccc3)nc(-c3cccc4c3oc3c4ccc4c3c3ccccc3n4-c3cccc4c3oc3ccccc34)c2)cc1. The third-order valence-electron chi connectivity index (χ3n) is 10.2. The van der Waals surface area contributed by atoms with Crippen LogP contribution in [0.15, 0.2) is 179 Å². The van der Waals surface area contributed by atoms with E-state index in [-0.39, 0.29) is 0 Å². The van der Waals surface area contributed by atoms with E-state index in [1.54, 1.807) is 0 Å². The van der Waals surface area contributed by atoms with Gasteiger partial charge in [0.05, 0.1) is 33.5 Å². The lowest BCUT2D eigenvalue weighted by molar-refractivity contribution is 0.666. The Morgan fingerprint density at radius 3 is 1.88 bits per heavy atom. The van der Waals surface area contributed by atoms with E-state index in [0.29, 0.717) is 0 Å². The lowest BCUT2D eigenvalue weighted by Gasteiger charge is -2.10. The summed E-state index contributed by atoms with van der Waals surface area (Å²) >= 11 is 0. The Balaban J connectivity index is 1.19. The number of para-hydroxylation sites is 4. The standard InChI is InChI=1S/C47H28N2O2/c1-3-13-29(14-4-1)31-27-38(30-15-5-2-6-16-30)48-39(28-31)36-21-11-19-34-35-25-26-41-44(47(35)51-45(34)36)37-18-7-9-22-40(37)49(41)42-23-12-20-33-32-17-8-10-24-43(32)50-46(33)42/h1-28H. The second kappa shape index (κ2) is 10.8. The highest BCUT2D eigenvalue weighted by molar-refractivity contribution is 6.25. The van der Waals surface area contributed by atoms with Crippen LogP contribution in [0.4, 0.5) is 0 Å². The molecule has 0 aliphatic carbocycles. The highest BCUT2D eigenvalue weighted by Gasteiger charge is 2.22. The minimum atomic E-state index is 0.827. The molecule has 0 saturated carbocycles. The Morgan fingerprint density at radius 1 is 0.392 bits per heavy atom. The normalized spacial score (nSPS) is 11.9. The van der Waals surface area contributed by atoms with Crippen LogP contribution in [-0.4, -0.2) is 9.55 Å². The minimum absolute atomic E-state index is 0.827. The van der Waals surface area contributed by atoms with Crippen molar-refractivity contribution in [3.63, 3.8) is 0 Å². The molecule has 11 aromatic rings. The van der Waals surface area contributed by atoms with Crippen LogP contribution >= 0.6 is 0 Å². The molecule has 0 N–H and O–H groups in total. The Kier molecular flexibility index (Phi) is 5.92. The number of rotatable bonds is 4. The van der Waals surface area contributed by atoms with Crippen molar-refractivity contribution < 1.29 is 8.83 Å². The first-order valence-electron chi connectivity index (χ1n) is 17.2. The van der Waals surface area contributed by atoms with E-state index in [4.69, 9.17) is 13.8 Å². The van der Waals surface area contributed by atoms with Crippen molar-refractivity contribution in [1.82, 2.24) is 9.55 Å². The van der Waals surface area contributed by atoms with Gasteiger partial charge in [0.15, 0.2) is 5.58 Å². The molecule has 0 amide bonds. The summed E-state index contributed by atoms with van der Waals surface area (Å²) in [5, 5.41) is 6.56. The lowest BCUT2D eigenvalue weighted by Crippen LogP contribution is -1.94. The lowest BCUT2D eigenvalue weighted by atomic mass is 9.99. The molecule has 0 aliphatic rings. The quantitative estimate of drug-likeness (QED) is 0.190. The number of hydrogen-bond donors (Lipinski definition) is 0. The average molecular weight is 653 g/mol. The Bertz CT molecular complexity index is 3070. The Hall–Kier alpha value is -6.91. The maximum absolute atomic E-state index is 7.06. The van der Waals surface area contributed by atoms with Crippen molar-refractivity contribution in [3.05, 3.63) is 170 Å². The van der Waals surface area contributed by atoms with E-state index in [9.17, 15) is 0 Å². The van der Waals surface area contributed by atoms with Crippen molar-refractivity contribution >= 4 is 65.7 Å². The number of pyridine rings is 1. The smallest absolute Gasteiger partial charge is 0.159 e. The topological polar surface area (TPSA) is 44.1 Å². The highest BCUT2D eigenvalue weighted by atomic mass is 16.3. The largest absolute Gasteiger partial charge is 0.455 e. The summed E-state index contributed by atoms with van der Waals surface area (Å²) in [7, 11) is 0. The predicted molar refractivity (Wildman–Crippen MR) is 209 cm³/mol. The molecule has 0 saturated heterocycles. The fourth-order valence-corrected chi connectivity index (χ4v) is 7.90. The van der Waals surface area contributed by atoms with E-state index < -0.39 is 0 Å². The summed E-state index contributed by atoms with van der Waals surface area (Å²) in [5.41, 5.74) is 12.7. The first-order chi connectivity index (χ1) is 25.3. The molecule has 0 atom stereocenters. The molecule has 0 bridgehead atoms. The fraction of sp³-hybridized carbons (Fsp3) is 0. The summed E-state index contributed by atoms with van der Waals surface area (Å²) in [6.07, 6.45) is 0. The molecular weight excluding hydrogens is 625 g/mol. The number of furan rings is 2. The van der Waals surface area contributed by atoms with Crippen LogP contribution in [0.2, 0.25) is 0 Å². The zero-order valence-corrected chi connectivity index (χ0v) is 27.4. The van der Waals surface area contributed by atoms with Crippen molar-refractivity contribution in [2.75, 3.05) is 0 Å². The monoisotopic (exact) mass is 652 g/mol. The molecule has 4 heteroatoms. The third kappa shape index (κ3) is 4.17. The van der Waals surface area contributed by atoms with E-state index in [1.807, 2.05) is 24.3 Å². The van der Waals surface area contributed by atoms with Gasteiger partial charge in [-0.3, -0.25) is 0 Å². The number of aromatic nitrogens is 2. The maximum Gasteiger partial charge on any atom is 0.159 e. The van der Waals surface area contributed by atoms with Crippen molar-refractivity contribution in [2.24, 2.45) is 0 Å². The molecule has 4 nitrogen and oxygen atoms in total. The first kappa shape index (κ1) is 28.0. The van der Waals surface area contributed by atoms with Crippen LogP contribution in [0.1, 0.15) is 0 Å². The second-order valence-corrected chi connectivity index (χ2v) is 13.1. The summed E-state index contributed by atoms with van der Waals surface area (Å²) < 4.78 is 15.9. The van der Waals surface area contributed by atoms with Crippen LogP contribution in [0.25, 0.3) is 105 Å². The molecule has 4 aromatic heterocycles. The van der Waals surface area contributed by atoms with Gasteiger partial charge < -0.3 is 13.4 Å². The number of nitrogens with zero attached hydrogens (tertiary/aromatic N) is 2. The van der Waals surface area contributed by atoms with Crippen LogP contribution in [0.5, 0.6) is 0 Å². The van der Waals surface area contributed by atoms with Crippen LogP contribution in [-0.2, 0) is 0 Å². The fourth-order valence-electron chi connectivity index (χ4n) is 7.90. The van der Waals surface area contributed by atoms with E-state index in [2.05, 4.69) is 150 Å². The molecule has 0 radical (unpaired) electrons. The van der Waals surface area contributed by atoms with Gasteiger partial charge in [0, 0.05) is 38.1 Å². The van der Waals surface area contributed by atoms with Gasteiger partial charge in [-0.15, -0.1) is 0 Å². The highest BCUT2D eigenvalue weighted by Crippen LogP contribution is 2.44. The second-order valence-electron chi connectivity index (χ2n) is 13.1. The summed E-state index contributed by atoms with van der Waals surface area (Å²) in [6, 6.07) is 59.3.